The summed E-state index contributed by atoms with van der Waals surface area (Å²) in [4.78, 5) is 11.6. The molecule has 6 nitrogen and oxygen atoms in total. The standard InChI is InChI=1S/C13H18BrN3O3S/c1-8(15-2)7-16-21(19,20)12-6-11-9(5-10(12)14)3-4-13(18)17-11/h5-6,8,15-16H,3-4,7H2,1-2H3,(H,17,18). The van der Waals surface area contributed by atoms with Crippen molar-refractivity contribution in [3.8, 4) is 0 Å². The molecule has 1 aromatic carbocycles. The Labute approximate surface area is 132 Å². The molecular weight excluding hydrogens is 358 g/mol. The van der Waals surface area contributed by atoms with E-state index in [9.17, 15) is 13.2 Å². The van der Waals surface area contributed by atoms with Crippen LogP contribution in [0.5, 0.6) is 0 Å². The van der Waals surface area contributed by atoms with Crippen LogP contribution in [0.15, 0.2) is 21.5 Å². The fraction of sp³-hybridized carbons (Fsp3) is 0.462. The molecule has 21 heavy (non-hydrogen) atoms. The minimum atomic E-state index is -3.64. The van der Waals surface area contributed by atoms with Gasteiger partial charge < -0.3 is 10.6 Å². The third-order valence-corrected chi connectivity index (χ3v) is 5.80. The van der Waals surface area contributed by atoms with Crippen LogP contribution < -0.4 is 15.4 Å². The molecule has 1 heterocycles. The number of fused-ring (bicyclic) bond motifs is 1. The van der Waals surface area contributed by atoms with E-state index < -0.39 is 10.0 Å². The Morgan fingerprint density at radius 2 is 2.10 bits per heavy atom. The minimum absolute atomic E-state index is 0.0240. The lowest BCUT2D eigenvalue weighted by Crippen LogP contribution is -2.37. The Morgan fingerprint density at radius 1 is 1.38 bits per heavy atom. The lowest BCUT2D eigenvalue weighted by molar-refractivity contribution is -0.116. The number of carbonyl (C=O) groups excluding carboxylic acids is 1. The molecule has 2 rings (SSSR count). The summed E-state index contributed by atoms with van der Waals surface area (Å²) in [6.07, 6.45) is 1.04. The van der Waals surface area contributed by atoms with Crippen LogP contribution in [0, 0.1) is 0 Å². The molecule has 3 N–H and O–H groups in total. The summed E-state index contributed by atoms with van der Waals surface area (Å²) in [6, 6.07) is 3.28. The quantitative estimate of drug-likeness (QED) is 0.721. The van der Waals surface area contributed by atoms with Gasteiger partial charge in [-0.1, -0.05) is 0 Å². The van der Waals surface area contributed by atoms with E-state index in [4.69, 9.17) is 0 Å². The van der Waals surface area contributed by atoms with Crippen LogP contribution >= 0.6 is 15.9 Å². The zero-order chi connectivity index (χ0) is 15.6. The van der Waals surface area contributed by atoms with Gasteiger partial charge in [0.2, 0.25) is 15.9 Å². The maximum absolute atomic E-state index is 12.4. The van der Waals surface area contributed by atoms with Crippen LogP contribution in [0.3, 0.4) is 0 Å². The van der Waals surface area contributed by atoms with Crippen LogP contribution in [-0.2, 0) is 21.2 Å². The van der Waals surface area contributed by atoms with Crippen molar-refractivity contribution < 1.29 is 13.2 Å². The van der Waals surface area contributed by atoms with E-state index in [-0.39, 0.29) is 23.4 Å². The van der Waals surface area contributed by atoms with Crippen molar-refractivity contribution in [1.82, 2.24) is 10.0 Å². The highest BCUT2D eigenvalue weighted by atomic mass is 79.9. The summed E-state index contributed by atoms with van der Waals surface area (Å²) < 4.78 is 27.8. The molecule has 1 aromatic rings. The molecule has 1 atom stereocenters. The summed E-state index contributed by atoms with van der Waals surface area (Å²) in [5, 5.41) is 5.67. The summed E-state index contributed by atoms with van der Waals surface area (Å²) in [5.74, 6) is -0.0927. The molecule has 1 unspecified atom stereocenters. The van der Waals surface area contributed by atoms with Gasteiger partial charge in [-0.05, 0) is 54.0 Å². The van der Waals surface area contributed by atoms with Crippen molar-refractivity contribution in [2.75, 3.05) is 18.9 Å². The van der Waals surface area contributed by atoms with Crippen molar-refractivity contribution in [2.45, 2.75) is 30.7 Å². The molecule has 116 valence electrons. The molecule has 8 heteroatoms. The number of halogens is 1. The normalized spacial score (nSPS) is 16.2. The first-order valence-electron chi connectivity index (χ1n) is 6.62. The highest BCUT2D eigenvalue weighted by Crippen LogP contribution is 2.31. The first kappa shape index (κ1) is 16.4. The zero-order valence-corrected chi connectivity index (χ0v) is 14.3. The van der Waals surface area contributed by atoms with Crippen LogP contribution in [-0.4, -0.2) is 34.0 Å². The number of rotatable bonds is 5. The van der Waals surface area contributed by atoms with Gasteiger partial charge in [0.1, 0.15) is 0 Å². The number of benzene rings is 1. The van der Waals surface area contributed by atoms with E-state index in [1.54, 1.807) is 13.1 Å². The molecule has 0 radical (unpaired) electrons. The Balaban J connectivity index is 2.31. The molecule has 0 saturated carbocycles. The molecule has 0 fully saturated rings. The highest BCUT2D eigenvalue weighted by Gasteiger charge is 2.23. The average molecular weight is 376 g/mol. The second-order valence-corrected chi connectivity index (χ2v) is 7.62. The third-order valence-electron chi connectivity index (χ3n) is 3.42. The molecular formula is C13H18BrN3O3S. The van der Waals surface area contributed by atoms with Crippen LogP contribution in [0.4, 0.5) is 5.69 Å². The van der Waals surface area contributed by atoms with Gasteiger partial charge in [-0.25, -0.2) is 13.1 Å². The van der Waals surface area contributed by atoms with Crippen molar-refractivity contribution in [2.24, 2.45) is 0 Å². The molecule has 0 bridgehead atoms. The number of aryl methyl sites for hydroxylation is 1. The zero-order valence-electron chi connectivity index (χ0n) is 11.9. The summed E-state index contributed by atoms with van der Waals surface area (Å²) in [7, 11) is -1.87. The Kier molecular flexibility index (Phi) is 5.03. The van der Waals surface area contributed by atoms with Gasteiger partial charge in [-0.2, -0.15) is 0 Å². The molecule has 0 aliphatic carbocycles. The van der Waals surface area contributed by atoms with E-state index in [2.05, 4.69) is 31.3 Å². The topological polar surface area (TPSA) is 87.3 Å². The maximum Gasteiger partial charge on any atom is 0.241 e. The number of carbonyl (C=O) groups is 1. The molecule has 0 aromatic heterocycles. The van der Waals surface area contributed by atoms with Gasteiger partial charge >= 0.3 is 0 Å². The largest absolute Gasteiger partial charge is 0.326 e. The van der Waals surface area contributed by atoms with Gasteiger partial charge in [0.25, 0.3) is 0 Å². The van der Waals surface area contributed by atoms with Crippen LogP contribution in [0.25, 0.3) is 0 Å². The summed E-state index contributed by atoms with van der Waals surface area (Å²) in [5.41, 5.74) is 1.50. The van der Waals surface area contributed by atoms with Gasteiger partial charge in [-0.3, -0.25) is 4.79 Å². The van der Waals surface area contributed by atoms with E-state index in [1.165, 1.54) is 6.07 Å². The van der Waals surface area contributed by atoms with Crippen molar-refractivity contribution >= 4 is 37.5 Å². The van der Waals surface area contributed by atoms with Crippen molar-refractivity contribution in [3.63, 3.8) is 0 Å². The second kappa shape index (κ2) is 6.43. The predicted octanol–water partition coefficient (Wildman–Crippen LogP) is 1.22. The van der Waals surface area contributed by atoms with Crippen LogP contribution in [0.1, 0.15) is 18.9 Å². The first-order chi connectivity index (χ1) is 9.83. The maximum atomic E-state index is 12.4. The monoisotopic (exact) mass is 375 g/mol. The van der Waals surface area contributed by atoms with Gasteiger partial charge in [0, 0.05) is 29.2 Å². The Morgan fingerprint density at radius 3 is 2.76 bits per heavy atom. The Bertz CT molecular complexity index is 661. The first-order valence-corrected chi connectivity index (χ1v) is 8.90. The van der Waals surface area contributed by atoms with Crippen molar-refractivity contribution in [1.29, 1.82) is 0 Å². The SMILES string of the molecule is CNC(C)CNS(=O)(=O)c1cc2c(cc1Br)CCC(=O)N2. The fourth-order valence-corrected chi connectivity index (χ4v) is 4.24. The number of amides is 1. The molecule has 0 spiro atoms. The Hall–Kier alpha value is -0.960. The van der Waals surface area contributed by atoms with Gasteiger partial charge in [0.05, 0.1) is 4.90 Å². The summed E-state index contributed by atoms with van der Waals surface area (Å²) >= 11 is 3.30. The smallest absolute Gasteiger partial charge is 0.241 e. The number of sulfonamides is 1. The fourth-order valence-electron chi connectivity index (χ4n) is 2.00. The van der Waals surface area contributed by atoms with Gasteiger partial charge in [0.15, 0.2) is 0 Å². The highest BCUT2D eigenvalue weighted by molar-refractivity contribution is 9.10. The predicted molar refractivity (Wildman–Crippen MR) is 84.8 cm³/mol. The molecule has 1 amide bonds. The number of nitrogens with one attached hydrogen (secondary N) is 3. The van der Waals surface area contributed by atoms with E-state index in [1.807, 2.05) is 6.92 Å². The van der Waals surface area contributed by atoms with E-state index >= 15 is 0 Å². The van der Waals surface area contributed by atoms with Crippen molar-refractivity contribution in [3.05, 3.63) is 22.2 Å². The second-order valence-electron chi connectivity index (χ2n) is 5.03. The third kappa shape index (κ3) is 3.82. The average Bonchev–Trinajstić information content (AvgIpc) is 2.44. The lowest BCUT2D eigenvalue weighted by atomic mass is 10.0. The lowest BCUT2D eigenvalue weighted by Gasteiger charge is -2.19. The number of hydrogen-bond donors (Lipinski definition) is 3. The van der Waals surface area contributed by atoms with Crippen LogP contribution in [0.2, 0.25) is 0 Å². The number of likely N-dealkylation sites (N-methyl/N-ethyl adjacent to an activating group) is 1. The molecule has 0 saturated heterocycles. The summed E-state index contributed by atoms with van der Waals surface area (Å²) in [6.45, 7) is 2.17. The van der Waals surface area contributed by atoms with E-state index in [0.717, 1.165) is 5.56 Å². The molecule has 1 aliphatic heterocycles. The minimum Gasteiger partial charge on any atom is -0.326 e. The van der Waals surface area contributed by atoms with Gasteiger partial charge in [-0.15, -0.1) is 0 Å². The number of anilines is 1. The number of hydrogen-bond acceptors (Lipinski definition) is 4. The molecule has 1 aliphatic rings. The van der Waals surface area contributed by atoms with E-state index in [0.29, 0.717) is 23.0 Å².